The second-order valence-corrected chi connectivity index (χ2v) is 6.81. The fourth-order valence-electron chi connectivity index (χ4n) is 3.97. The zero-order valence-corrected chi connectivity index (χ0v) is 13.9. The van der Waals surface area contributed by atoms with Crippen LogP contribution in [0.5, 0.6) is 5.75 Å². The molecule has 0 radical (unpaired) electrons. The van der Waals surface area contributed by atoms with Crippen molar-refractivity contribution in [3.63, 3.8) is 0 Å². The number of benzene rings is 2. The van der Waals surface area contributed by atoms with Gasteiger partial charge in [0.15, 0.2) is 0 Å². The molecular weight excluding hydrogens is 282 g/mol. The van der Waals surface area contributed by atoms with Gasteiger partial charge >= 0.3 is 0 Å². The summed E-state index contributed by atoms with van der Waals surface area (Å²) in [4.78, 5) is 5.00. The SMILES string of the molecule is COc1ccc2c(c1)C(C1(c3ccc(C)cc3)CCC1)=NCC2. The summed E-state index contributed by atoms with van der Waals surface area (Å²) in [7, 11) is 1.74. The van der Waals surface area contributed by atoms with E-state index in [0.717, 1.165) is 18.7 Å². The van der Waals surface area contributed by atoms with Crippen LogP contribution in [0.3, 0.4) is 0 Å². The Bertz CT molecular complexity index is 754. The highest BCUT2D eigenvalue weighted by molar-refractivity contribution is 6.10. The smallest absolute Gasteiger partial charge is 0.119 e. The van der Waals surface area contributed by atoms with E-state index in [1.54, 1.807) is 7.11 Å². The highest BCUT2D eigenvalue weighted by atomic mass is 16.5. The molecule has 0 atom stereocenters. The van der Waals surface area contributed by atoms with Gasteiger partial charge in [-0.05, 0) is 49.4 Å². The van der Waals surface area contributed by atoms with E-state index in [9.17, 15) is 0 Å². The Hall–Kier alpha value is -2.09. The zero-order valence-electron chi connectivity index (χ0n) is 13.9. The maximum absolute atomic E-state index is 5.46. The summed E-state index contributed by atoms with van der Waals surface area (Å²) in [6, 6.07) is 15.5. The van der Waals surface area contributed by atoms with Crippen LogP contribution in [-0.4, -0.2) is 19.4 Å². The lowest BCUT2D eigenvalue weighted by Crippen LogP contribution is -2.44. The summed E-state index contributed by atoms with van der Waals surface area (Å²) in [5, 5.41) is 0. The van der Waals surface area contributed by atoms with Crippen molar-refractivity contribution in [3.05, 3.63) is 64.7 Å². The van der Waals surface area contributed by atoms with Crippen LogP contribution < -0.4 is 4.74 Å². The van der Waals surface area contributed by atoms with Gasteiger partial charge in [0.1, 0.15) is 5.75 Å². The Kier molecular flexibility index (Phi) is 3.48. The molecule has 0 amide bonds. The van der Waals surface area contributed by atoms with Gasteiger partial charge in [0.05, 0.1) is 12.8 Å². The molecule has 0 saturated heterocycles. The summed E-state index contributed by atoms with van der Waals surface area (Å²) in [6.45, 7) is 3.05. The molecule has 1 aliphatic carbocycles. The molecule has 2 aromatic rings. The molecule has 118 valence electrons. The second kappa shape index (κ2) is 5.52. The van der Waals surface area contributed by atoms with Crippen LogP contribution in [0, 0.1) is 6.92 Å². The standard InChI is InChI=1S/C21H23NO/c1-15-4-7-17(8-5-15)21(11-3-12-21)20-19-14-18(23-2)9-6-16(19)10-13-22-20/h4-9,14H,3,10-13H2,1-2H3. The summed E-state index contributed by atoms with van der Waals surface area (Å²) >= 11 is 0. The third-order valence-electron chi connectivity index (χ3n) is 5.49. The number of rotatable bonds is 3. The number of hydrogen-bond donors (Lipinski definition) is 0. The fraction of sp³-hybridized carbons (Fsp3) is 0.381. The number of methoxy groups -OCH3 is 1. The Morgan fingerprint density at radius 1 is 1.04 bits per heavy atom. The molecule has 0 N–H and O–H groups in total. The van der Waals surface area contributed by atoms with Gasteiger partial charge in [-0.2, -0.15) is 0 Å². The molecule has 2 heteroatoms. The molecule has 1 aliphatic heterocycles. The van der Waals surface area contributed by atoms with Crippen molar-refractivity contribution in [2.24, 2.45) is 4.99 Å². The molecule has 2 aliphatic rings. The van der Waals surface area contributed by atoms with Crippen molar-refractivity contribution in [1.29, 1.82) is 0 Å². The van der Waals surface area contributed by atoms with Gasteiger partial charge in [0.2, 0.25) is 0 Å². The van der Waals surface area contributed by atoms with Gasteiger partial charge < -0.3 is 4.74 Å². The van der Waals surface area contributed by atoms with Crippen molar-refractivity contribution < 1.29 is 4.74 Å². The first kappa shape index (κ1) is 14.5. The lowest BCUT2D eigenvalue weighted by molar-refractivity contribution is 0.339. The predicted octanol–water partition coefficient (Wildman–Crippen LogP) is 4.47. The van der Waals surface area contributed by atoms with E-state index in [1.165, 1.54) is 47.2 Å². The number of ether oxygens (including phenoxy) is 1. The normalized spacial score (nSPS) is 18.6. The topological polar surface area (TPSA) is 21.6 Å². The Labute approximate surface area is 138 Å². The molecular formula is C21H23NO. The monoisotopic (exact) mass is 305 g/mol. The number of aliphatic imine (C=N–C) groups is 1. The van der Waals surface area contributed by atoms with Gasteiger partial charge in [0.25, 0.3) is 0 Å². The molecule has 0 spiro atoms. The lowest BCUT2D eigenvalue weighted by Gasteiger charge is -2.45. The molecule has 2 nitrogen and oxygen atoms in total. The molecule has 0 unspecified atom stereocenters. The van der Waals surface area contributed by atoms with Crippen molar-refractivity contribution >= 4 is 5.71 Å². The summed E-state index contributed by atoms with van der Waals surface area (Å²) in [5.41, 5.74) is 6.84. The quantitative estimate of drug-likeness (QED) is 0.820. The largest absolute Gasteiger partial charge is 0.497 e. The molecule has 0 bridgehead atoms. The first-order valence-electron chi connectivity index (χ1n) is 8.52. The average Bonchev–Trinajstić information content (AvgIpc) is 2.55. The van der Waals surface area contributed by atoms with Gasteiger partial charge in [-0.25, -0.2) is 0 Å². The van der Waals surface area contributed by atoms with Crippen molar-refractivity contribution in [2.75, 3.05) is 13.7 Å². The van der Waals surface area contributed by atoms with Crippen molar-refractivity contribution in [2.45, 2.75) is 38.0 Å². The molecule has 1 fully saturated rings. The van der Waals surface area contributed by atoms with Gasteiger partial charge in [-0.3, -0.25) is 4.99 Å². The van der Waals surface area contributed by atoms with Crippen LogP contribution in [0.25, 0.3) is 0 Å². The van der Waals surface area contributed by atoms with E-state index >= 15 is 0 Å². The molecule has 4 rings (SSSR count). The molecule has 0 aromatic heterocycles. The third kappa shape index (κ3) is 2.28. The number of nitrogens with zero attached hydrogens (tertiary/aromatic N) is 1. The van der Waals surface area contributed by atoms with E-state index < -0.39 is 0 Å². The van der Waals surface area contributed by atoms with E-state index in [2.05, 4.69) is 49.4 Å². The van der Waals surface area contributed by atoms with Crippen LogP contribution in [0.15, 0.2) is 47.5 Å². The maximum atomic E-state index is 5.46. The Morgan fingerprint density at radius 2 is 1.83 bits per heavy atom. The van der Waals surface area contributed by atoms with E-state index in [4.69, 9.17) is 9.73 Å². The maximum Gasteiger partial charge on any atom is 0.119 e. The first-order valence-corrected chi connectivity index (χ1v) is 8.52. The van der Waals surface area contributed by atoms with Crippen molar-refractivity contribution in [1.82, 2.24) is 0 Å². The summed E-state index contributed by atoms with van der Waals surface area (Å²) in [6.07, 6.45) is 4.72. The van der Waals surface area contributed by atoms with E-state index in [1.807, 2.05) is 0 Å². The van der Waals surface area contributed by atoms with Crippen LogP contribution >= 0.6 is 0 Å². The van der Waals surface area contributed by atoms with Gasteiger partial charge in [-0.15, -0.1) is 0 Å². The average molecular weight is 305 g/mol. The van der Waals surface area contributed by atoms with Crippen LogP contribution in [0.1, 0.15) is 41.5 Å². The van der Waals surface area contributed by atoms with E-state index in [0.29, 0.717) is 0 Å². The van der Waals surface area contributed by atoms with Crippen LogP contribution in [0.2, 0.25) is 0 Å². The highest BCUT2D eigenvalue weighted by Gasteiger charge is 2.44. The Balaban J connectivity index is 1.83. The van der Waals surface area contributed by atoms with Gasteiger partial charge in [0, 0.05) is 17.5 Å². The summed E-state index contributed by atoms with van der Waals surface area (Å²) in [5.74, 6) is 0.928. The minimum Gasteiger partial charge on any atom is -0.497 e. The second-order valence-electron chi connectivity index (χ2n) is 6.81. The third-order valence-corrected chi connectivity index (χ3v) is 5.49. The zero-order chi connectivity index (χ0) is 15.9. The first-order chi connectivity index (χ1) is 11.2. The number of aryl methyl sites for hydroxylation is 1. The van der Waals surface area contributed by atoms with Crippen LogP contribution in [0.4, 0.5) is 0 Å². The highest BCUT2D eigenvalue weighted by Crippen LogP contribution is 2.48. The summed E-state index contributed by atoms with van der Waals surface area (Å²) < 4.78 is 5.46. The number of fused-ring (bicyclic) bond motifs is 1. The molecule has 2 aromatic carbocycles. The molecule has 1 heterocycles. The van der Waals surface area contributed by atoms with Gasteiger partial charge in [-0.1, -0.05) is 42.3 Å². The van der Waals surface area contributed by atoms with E-state index in [-0.39, 0.29) is 5.41 Å². The minimum atomic E-state index is 0.106. The Morgan fingerprint density at radius 3 is 2.48 bits per heavy atom. The van der Waals surface area contributed by atoms with Crippen molar-refractivity contribution in [3.8, 4) is 5.75 Å². The lowest BCUT2D eigenvalue weighted by atomic mass is 9.59. The predicted molar refractivity (Wildman–Crippen MR) is 94.8 cm³/mol. The fourth-order valence-corrected chi connectivity index (χ4v) is 3.97. The van der Waals surface area contributed by atoms with Crippen LogP contribution in [-0.2, 0) is 11.8 Å². The molecule has 23 heavy (non-hydrogen) atoms. The molecule has 1 saturated carbocycles. The number of hydrogen-bond acceptors (Lipinski definition) is 2. The minimum absolute atomic E-state index is 0.106.